The molecule has 0 aliphatic carbocycles. The van der Waals surface area contributed by atoms with Crippen molar-refractivity contribution < 1.29 is 9.53 Å². The summed E-state index contributed by atoms with van der Waals surface area (Å²) in [6.07, 6.45) is 5.01. The maximum atomic E-state index is 12.4. The van der Waals surface area contributed by atoms with Gasteiger partial charge >= 0.3 is 0 Å². The van der Waals surface area contributed by atoms with Gasteiger partial charge in [-0.05, 0) is 37.9 Å². The standard InChI is InChI=1S/C19H23N3O2S/c23-18-13-24-19(14-22(18)16-5-2-1-3-6-16)7-4-9-21(10-8-19)12-17-11-20-15-25-17/h1-3,5-6,11,15H,4,7-10,12-14H2. The first-order valence-electron chi connectivity index (χ1n) is 8.83. The maximum Gasteiger partial charge on any atom is 0.253 e. The van der Waals surface area contributed by atoms with E-state index in [2.05, 4.69) is 9.88 Å². The van der Waals surface area contributed by atoms with Crippen molar-refractivity contribution in [2.24, 2.45) is 0 Å². The minimum absolute atomic E-state index is 0.0580. The second kappa shape index (κ2) is 7.23. The predicted octanol–water partition coefficient (Wildman–Crippen LogP) is 2.93. The highest BCUT2D eigenvalue weighted by Crippen LogP contribution is 2.33. The van der Waals surface area contributed by atoms with Crippen LogP contribution in [0.3, 0.4) is 0 Å². The lowest BCUT2D eigenvalue weighted by molar-refractivity contribution is -0.140. The molecule has 1 aromatic heterocycles. The lowest BCUT2D eigenvalue weighted by Crippen LogP contribution is -2.55. The van der Waals surface area contributed by atoms with Crippen LogP contribution < -0.4 is 4.90 Å². The van der Waals surface area contributed by atoms with Crippen LogP contribution in [0.4, 0.5) is 5.69 Å². The Morgan fingerprint density at radius 3 is 2.88 bits per heavy atom. The molecule has 2 saturated heterocycles. The van der Waals surface area contributed by atoms with Gasteiger partial charge in [0.1, 0.15) is 6.61 Å². The summed E-state index contributed by atoms with van der Waals surface area (Å²) in [6.45, 7) is 3.87. The van der Waals surface area contributed by atoms with Crippen LogP contribution in [0.25, 0.3) is 0 Å². The average Bonchev–Trinajstić information content (AvgIpc) is 3.08. The number of para-hydroxylation sites is 1. The van der Waals surface area contributed by atoms with E-state index in [1.54, 1.807) is 11.3 Å². The first-order valence-corrected chi connectivity index (χ1v) is 9.71. The number of amides is 1. The molecular weight excluding hydrogens is 334 g/mol. The summed E-state index contributed by atoms with van der Waals surface area (Å²) in [5, 5.41) is 0. The van der Waals surface area contributed by atoms with Gasteiger partial charge in [0.2, 0.25) is 0 Å². The van der Waals surface area contributed by atoms with Crippen molar-refractivity contribution in [1.29, 1.82) is 0 Å². The largest absolute Gasteiger partial charge is 0.363 e. The molecule has 132 valence electrons. The number of morpholine rings is 1. The second-order valence-corrected chi connectivity index (χ2v) is 7.86. The Kier molecular flexibility index (Phi) is 4.83. The fraction of sp³-hybridized carbons (Fsp3) is 0.474. The predicted molar refractivity (Wildman–Crippen MR) is 98.7 cm³/mol. The third-order valence-electron chi connectivity index (χ3n) is 5.17. The summed E-state index contributed by atoms with van der Waals surface area (Å²) in [7, 11) is 0. The number of aromatic nitrogens is 1. The van der Waals surface area contributed by atoms with Crippen molar-refractivity contribution in [3.63, 3.8) is 0 Å². The fourth-order valence-electron chi connectivity index (χ4n) is 3.78. The molecule has 0 radical (unpaired) electrons. The third kappa shape index (κ3) is 3.76. The summed E-state index contributed by atoms with van der Waals surface area (Å²) in [5.74, 6) is 0.0580. The molecule has 2 aliphatic heterocycles. The molecule has 6 heteroatoms. The fourth-order valence-corrected chi connectivity index (χ4v) is 4.42. The number of hydrogen-bond acceptors (Lipinski definition) is 5. The number of ether oxygens (including phenoxy) is 1. The molecule has 2 aliphatic rings. The molecule has 0 bridgehead atoms. The smallest absolute Gasteiger partial charge is 0.253 e. The summed E-state index contributed by atoms with van der Waals surface area (Å²) in [5.41, 5.74) is 2.65. The van der Waals surface area contributed by atoms with Crippen LogP contribution in [0, 0.1) is 0 Å². The van der Waals surface area contributed by atoms with Crippen molar-refractivity contribution in [1.82, 2.24) is 9.88 Å². The second-order valence-electron chi connectivity index (χ2n) is 6.88. The quantitative estimate of drug-likeness (QED) is 0.847. The number of thiazole rings is 1. The summed E-state index contributed by atoms with van der Waals surface area (Å²) in [4.78, 5) is 22.2. The van der Waals surface area contributed by atoms with E-state index in [4.69, 9.17) is 4.74 Å². The minimum Gasteiger partial charge on any atom is -0.363 e. The van der Waals surface area contributed by atoms with Gasteiger partial charge in [-0.15, -0.1) is 11.3 Å². The molecule has 4 rings (SSSR count). The molecule has 25 heavy (non-hydrogen) atoms. The third-order valence-corrected chi connectivity index (χ3v) is 5.93. The van der Waals surface area contributed by atoms with E-state index >= 15 is 0 Å². The van der Waals surface area contributed by atoms with Gasteiger partial charge in [0, 0.05) is 29.9 Å². The van der Waals surface area contributed by atoms with E-state index in [1.807, 2.05) is 46.9 Å². The zero-order valence-corrected chi connectivity index (χ0v) is 15.1. The Bertz CT molecular complexity index is 707. The van der Waals surface area contributed by atoms with Gasteiger partial charge in [0.25, 0.3) is 5.91 Å². The van der Waals surface area contributed by atoms with E-state index in [-0.39, 0.29) is 18.1 Å². The van der Waals surface area contributed by atoms with Gasteiger partial charge in [-0.25, -0.2) is 0 Å². The van der Waals surface area contributed by atoms with Gasteiger partial charge in [-0.3, -0.25) is 14.7 Å². The molecule has 1 atom stereocenters. The van der Waals surface area contributed by atoms with Crippen molar-refractivity contribution >= 4 is 22.9 Å². The van der Waals surface area contributed by atoms with Crippen LogP contribution in [0.2, 0.25) is 0 Å². The highest BCUT2D eigenvalue weighted by molar-refractivity contribution is 7.09. The minimum atomic E-state index is -0.216. The van der Waals surface area contributed by atoms with E-state index in [0.29, 0.717) is 6.54 Å². The van der Waals surface area contributed by atoms with E-state index in [9.17, 15) is 4.79 Å². The Labute approximate surface area is 152 Å². The monoisotopic (exact) mass is 357 g/mol. The molecule has 3 heterocycles. The van der Waals surface area contributed by atoms with Crippen LogP contribution in [0.5, 0.6) is 0 Å². The van der Waals surface area contributed by atoms with Crippen LogP contribution in [-0.4, -0.2) is 47.6 Å². The molecule has 1 unspecified atom stereocenters. The number of carbonyl (C=O) groups excluding carboxylic acids is 1. The van der Waals surface area contributed by atoms with Crippen LogP contribution in [0.15, 0.2) is 42.0 Å². The molecule has 0 saturated carbocycles. The van der Waals surface area contributed by atoms with Crippen LogP contribution >= 0.6 is 11.3 Å². The molecule has 1 aromatic carbocycles. The van der Waals surface area contributed by atoms with Gasteiger partial charge < -0.3 is 9.64 Å². The zero-order chi connectivity index (χ0) is 17.1. The van der Waals surface area contributed by atoms with Crippen molar-refractivity contribution in [3.8, 4) is 0 Å². The average molecular weight is 357 g/mol. The summed E-state index contributed by atoms with van der Waals surface area (Å²) < 4.78 is 6.11. The van der Waals surface area contributed by atoms with Crippen molar-refractivity contribution in [3.05, 3.63) is 46.9 Å². The van der Waals surface area contributed by atoms with Gasteiger partial charge in [-0.2, -0.15) is 0 Å². The van der Waals surface area contributed by atoms with E-state index in [0.717, 1.165) is 44.6 Å². The number of anilines is 1. The number of nitrogens with zero attached hydrogens (tertiary/aromatic N) is 3. The Morgan fingerprint density at radius 2 is 2.08 bits per heavy atom. The normalized spacial score (nSPS) is 25.3. The molecule has 1 spiro atoms. The SMILES string of the molecule is O=C1COC2(CCCN(Cc3cncs3)CC2)CN1c1ccccc1. The number of carbonyl (C=O) groups is 1. The Morgan fingerprint density at radius 1 is 1.20 bits per heavy atom. The van der Waals surface area contributed by atoms with Gasteiger partial charge in [0.15, 0.2) is 0 Å². The van der Waals surface area contributed by atoms with Crippen LogP contribution in [0.1, 0.15) is 24.1 Å². The Hall–Kier alpha value is -1.76. The number of benzene rings is 1. The molecule has 2 fully saturated rings. The molecule has 1 amide bonds. The molecule has 0 N–H and O–H groups in total. The van der Waals surface area contributed by atoms with E-state index < -0.39 is 0 Å². The van der Waals surface area contributed by atoms with Crippen molar-refractivity contribution in [2.45, 2.75) is 31.4 Å². The first-order chi connectivity index (χ1) is 12.2. The van der Waals surface area contributed by atoms with E-state index in [1.165, 1.54) is 4.88 Å². The highest BCUT2D eigenvalue weighted by atomic mass is 32.1. The highest BCUT2D eigenvalue weighted by Gasteiger charge is 2.41. The molecular formula is C19H23N3O2S. The lowest BCUT2D eigenvalue weighted by atomic mass is 9.92. The topological polar surface area (TPSA) is 45.7 Å². The zero-order valence-electron chi connectivity index (χ0n) is 14.3. The maximum absolute atomic E-state index is 12.4. The Balaban J connectivity index is 1.45. The summed E-state index contributed by atoms with van der Waals surface area (Å²) in [6, 6.07) is 9.95. The number of rotatable bonds is 3. The van der Waals surface area contributed by atoms with Crippen molar-refractivity contribution in [2.75, 3.05) is 31.1 Å². The number of hydrogen-bond donors (Lipinski definition) is 0. The molecule has 5 nitrogen and oxygen atoms in total. The van der Waals surface area contributed by atoms with Gasteiger partial charge in [-0.1, -0.05) is 18.2 Å². The van der Waals surface area contributed by atoms with Gasteiger partial charge in [0.05, 0.1) is 17.7 Å². The van der Waals surface area contributed by atoms with Crippen LogP contribution in [-0.2, 0) is 16.1 Å². The number of likely N-dealkylation sites (tertiary alicyclic amines) is 1. The first kappa shape index (κ1) is 16.7. The molecule has 2 aromatic rings. The summed E-state index contributed by atoms with van der Waals surface area (Å²) >= 11 is 1.71. The lowest BCUT2D eigenvalue weighted by Gasteiger charge is -2.42.